The number of carbonyl (C=O) groups excluding carboxylic acids is 2. The summed E-state index contributed by atoms with van der Waals surface area (Å²) in [5.41, 5.74) is 3.47. The van der Waals surface area contributed by atoms with Crippen LogP contribution in [0, 0.1) is 17.8 Å². The number of rotatable bonds is 3. The molecule has 7 aliphatic rings. The highest BCUT2D eigenvalue weighted by Gasteiger charge is 2.45. The smallest absolute Gasteiger partial charge is 0.329 e. The number of carbonyl (C=O) groups is 2. The van der Waals surface area contributed by atoms with Gasteiger partial charge in [0.2, 0.25) is 0 Å². The van der Waals surface area contributed by atoms with E-state index in [0.29, 0.717) is 49.6 Å². The zero-order chi connectivity index (χ0) is 39.3. The summed E-state index contributed by atoms with van der Waals surface area (Å²) in [6.45, 7) is 10.5. The van der Waals surface area contributed by atoms with Gasteiger partial charge in [-0.1, -0.05) is 36.7 Å². The summed E-state index contributed by atoms with van der Waals surface area (Å²) in [5.74, 6) is 0.782. The topological polar surface area (TPSA) is 116 Å². The fourth-order valence-corrected chi connectivity index (χ4v) is 12.6. The van der Waals surface area contributed by atoms with Gasteiger partial charge in [-0.25, -0.2) is 9.00 Å². The molecule has 2 aromatic carbocycles. The molecular formula is C43H57ClN6O6S. The molecule has 5 heterocycles. The average Bonchev–Trinajstić information content (AvgIpc) is 3.31. The lowest BCUT2D eigenvalue weighted by molar-refractivity contribution is -0.0665. The predicted molar refractivity (Wildman–Crippen MR) is 222 cm³/mol. The second kappa shape index (κ2) is 16.1. The van der Waals surface area contributed by atoms with Crippen LogP contribution in [0.3, 0.4) is 0 Å². The average molecular weight is 821 g/mol. The monoisotopic (exact) mass is 820 g/mol. The van der Waals surface area contributed by atoms with Gasteiger partial charge >= 0.3 is 6.03 Å². The molecule has 3 saturated heterocycles. The van der Waals surface area contributed by atoms with E-state index in [4.69, 9.17) is 25.8 Å². The lowest BCUT2D eigenvalue weighted by Gasteiger charge is -2.51. The lowest BCUT2D eigenvalue weighted by atomic mass is 9.68. The van der Waals surface area contributed by atoms with Crippen LogP contribution >= 0.6 is 11.6 Å². The number of hydrogen-bond acceptors (Lipinski definition) is 9. The minimum absolute atomic E-state index is 0.0472. The summed E-state index contributed by atoms with van der Waals surface area (Å²) in [7, 11) is -1.71. The molecule has 14 heteroatoms. The second-order valence-corrected chi connectivity index (χ2v) is 20.1. The lowest BCUT2D eigenvalue weighted by Crippen LogP contribution is -2.68. The maximum atomic E-state index is 14.8. The zero-order valence-corrected chi connectivity index (χ0v) is 34.9. The number of urea groups is 1. The molecule has 1 N–H and O–H groups in total. The van der Waals surface area contributed by atoms with Gasteiger partial charge in [0.1, 0.15) is 15.7 Å². The van der Waals surface area contributed by atoms with E-state index >= 15 is 0 Å². The highest BCUT2D eigenvalue weighted by atomic mass is 35.5. The number of amides is 3. The van der Waals surface area contributed by atoms with Crippen LogP contribution in [0.4, 0.5) is 10.5 Å². The highest BCUT2D eigenvalue weighted by molar-refractivity contribution is 7.92. The fourth-order valence-electron chi connectivity index (χ4n) is 10.5. The van der Waals surface area contributed by atoms with Gasteiger partial charge in [-0.05, 0) is 97.7 Å². The van der Waals surface area contributed by atoms with Crippen LogP contribution in [0.5, 0.6) is 5.75 Å². The first-order valence-corrected chi connectivity index (χ1v) is 23.1. The first kappa shape index (κ1) is 39.3. The van der Waals surface area contributed by atoms with Gasteiger partial charge in [0.15, 0.2) is 0 Å². The number of fused-ring (bicyclic) bond motifs is 5. The Kier molecular flexibility index (Phi) is 11.1. The number of nitrogens with zero attached hydrogens (tertiary/aromatic N) is 5. The number of halogens is 1. The minimum Gasteiger partial charge on any atom is -0.490 e. The van der Waals surface area contributed by atoms with E-state index in [9.17, 15) is 13.8 Å². The molecule has 2 aromatic rings. The van der Waals surface area contributed by atoms with E-state index in [0.717, 1.165) is 101 Å². The fraction of sp³-hybridized carbons (Fsp3) is 0.628. The van der Waals surface area contributed by atoms with E-state index in [2.05, 4.69) is 48.1 Å². The molecule has 9 rings (SSSR count). The summed E-state index contributed by atoms with van der Waals surface area (Å²) in [4.78, 5) is 37.0. The van der Waals surface area contributed by atoms with Crippen molar-refractivity contribution >= 4 is 39.1 Å². The van der Waals surface area contributed by atoms with E-state index in [1.807, 2.05) is 25.1 Å². The zero-order valence-electron chi connectivity index (χ0n) is 33.3. The molecule has 7 atom stereocenters. The van der Waals surface area contributed by atoms with Crippen LogP contribution in [0.15, 0.2) is 52.9 Å². The number of ether oxygens (including phenoxy) is 3. The van der Waals surface area contributed by atoms with Crippen molar-refractivity contribution in [3.05, 3.63) is 70.3 Å². The highest BCUT2D eigenvalue weighted by Crippen LogP contribution is 2.47. The van der Waals surface area contributed by atoms with Crippen LogP contribution in [-0.2, 0) is 31.2 Å². The van der Waals surface area contributed by atoms with Crippen LogP contribution in [-0.4, -0.2) is 134 Å². The van der Waals surface area contributed by atoms with Gasteiger partial charge in [0.25, 0.3) is 5.91 Å². The Labute approximate surface area is 342 Å². The first-order chi connectivity index (χ1) is 27.6. The molecule has 1 saturated carbocycles. The van der Waals surface area contributed by atoms with E-state index in [1.54, 1.807) is 18.1 Å². The molecule has 308 valence electrons. The minimum atomic E-state index is -3.50. The molecule has 2 bridgehead atoms. The predicted octanol–water partition coefficient (Wildman–Crippen LogP) is 5.38. The molecule has 5 aliphatic heterocycles. The van der Waals surface area contributed by atoms with Crippen LogP contribution in [0.2, 0.25) is 5.02 Å². The molecule has 57 heavy (non-hydrogen) atoms. The summed E-state index contributed by atoms with van der Waals surface area (Å²) in [6.07, 6.45) is 10.0. The van der Waals surface area contributed by atoms with Crippen LogP contribution in [0.1, 0.15) is 60.5 Å². The summed E-state index contributed by atoms with van der Waals surface area (Å²) in [6, 6.07) is 11.9. The Hall–Kier alpha value is -3.20. The number of anilines is 1. The van der Waals surface area contributed by atoms with Crippen LogP contribution in [0.25, 0.3) is 0 Å². The number of methoxy groups -OCH3 is 1. The largest absolute Gasteiger partial charge is 0.490 e. The molecule has 0 unspecified atom stereocenters. The molecule has 2 aliphatic carbocycles. The van der Waals surface area contributed by atoms with Gasteiger partial charge in [0.05, 0.1) is 37.4 Å². The molecule has 4 fully saturated rings. The molecule has 0 radical (unpaired) electrons. The number of piperazine rings is 1. The Balaban J connectivity index is 0.999. The Morgan fingerprint density at radius 2 is 1.91 bits per heavy atom. The Bertz CT molecular complexity index is 2020. The van der Waals surface area contributed by atoms with Gasteiger partial charge < -0.3 is 24.0 Å². The van der Waals surface area contributed by atoms with Crippen molar-refractivity contribution in [3.63, 3.8) is 0 Å². The number of likely N-dealkylation sites (tertiary alicyclic amines) is 1. The van der Waals surface area contributed by atoms with Gasteiger partial charge in [-0.3, -0.25) is 19.3 Å². The third kappa shape index (κ3) is 7.96. The maximum Gasteiger partial charge on any atom is 0.329 e. The third-order valence-electron chi connectivity index (χ3n) is 13.9. The summed E-state index contributed by atoms with van der Waals surface area (Å²) >= 11 is 6.49. The number of allylic oxidation sites excluding steroid dienone is 1. The number of benzene rings is 2. The maximum absolute atomic E-state index is 14.8. The number of nitrogens with one attached hydrogen (secondary N) is 1. The van der Waals surface area contributed by atoms with Crippen molar-refractivity contribution in [1.29, 1.82) is 0 Å². The molecule has 3 amide bonds. The summed E-state index contributed by atoms with van der Waals surface area (Å²) < 4.78 is 40.5. The van der Waals surface area contributed by atoms with Gasteiger partial charge in [-0.2, -0.15) is 0 Å². The first-order valence-electron chi connectivity index (χ1n) is 21.0. The van der Waals surface area contributed by atoms with Crippen LogP contribution < -0.4 is 14.4 Å². The molecular weight excluding hydrogens is 764 g/mol. The van der Waals surface area contributed by atoms with Gasteiger partial charge in [-0.15, -0.1) is 4.36 Å². The van der Waals surface area contributed by atoms with Crippen molar-refractivity contribution in [2.75, 3.05) is 89.9 Å². The molecule has 1 spiro atoms. The third-order valence-corrected chi connectivity index (χ3v) is 16.1. The molecule has 12 nitrogen and oxygen atoms in total. The SMILES string of the molecule is CO[C@H]1/C=C/C[C@H](C)C[S@@](=O)(NC(=O)N2CC(N3CCN4CCOC[C@@H]4C3)C2)=NC(=O)c2ccc3c(c2)N(C[C@@H]2CC[C@H]21)C[C@@]1(CCCc2cc(Cl)ccc21)CO3. The summed E-state index contributed by atoms with van der Waals surface area (Å²) in [5, 5.41) is 0.747. The second-order valence-electron chi connectivity index (χ2n) is 17.7. The number of morpholine rings is 1. The van der Waals surface area contributed by atoms with Crippen molar-refractivity contribution in [3.8, 4) is 5.75 Å². The Morgan fingerprint density at radius 3 is 2.74 bits per heavy atom. The quantitative estimate of drug-likeness (QED) is 0.408. The van der Waals surface area contributed by atoms with Crippen molar-refractivity contribution in [1.82, 2.24) is 19.4 Å². The number of hydrogen-bond donors (Lipinski definition) is 1. The number of aryl methyl sites for hydroxylation is 1. The Morgan fingerprint density at radius 1 is 1.05 bits per heavy atom. The van der Waals surface area contributed by atoms with Crippen molar-refractivity contribution in [2.24, 2.45) is 22.1 Å². The van der Waals surface area contributed by atoms with Gasteiger partial charge in [0, 0.05) is 87.6 Å². The normalized spacial score (nSPS) is 34.3. The van der Waals surface area contributed by atoms with E-state index < -0.39 is 21.9 Å². The van der Waals surface area contributed by atoms with E-state index in [-0.39, 0.29) is 29.2 Å². The molecule has 0 aromatic heterocycles. The van der Waals surface area contributed by atoms with E-state index in [1.165, 1.54) is 11.1 Å². The van der Waals surface area contributed by atoms with Crippen molar-refractivity contribution < 1.29 is 28.0 Å². The van der Waals surface area contributed by atoms with Crippen molar-refractivity contribution in [2.45, 2.75) is 69.1 Å². The standard InChI is InChI=1S/C43H57ClN6O6S/c1-29-5-3-7-39(54-2)36-11-8-32(36)21-50-27-43(14-4-6-30-19-33(44)10-12-37(30)43)28-56-40-13-9-31(20-38(40)50)41(51)45-57(53,26-29)46-42(52)49-22-34(23-49)48-16-15-47-17-18-55-25-35(47)24-48/h3,7,9-10,12-13,19-20,29,32,34-36,39H,4-6,8,11,14-18,21-28H2,1-2H3,(H,45,46,51,52,53)/b7-3+/t29-,32-,35-,36+,39-,43-,57-/m0/s1.